The van der Waals surface area contributed by atoms with Crippen LogP contribution in [0.15, 0.2) is 53.6 Å². The van der Waals surface area contributed by atoms with E-state index in [1.807, 2.05) is 48.5 Å². The van der Waals surface area contributed by atoms with Gasteiger partial charge in [0, 0.05) is 5.56 Å². The summed E-state index contributed by atoms with van der Waals surface area (Å²) in [5, 5.41) is 3.93. The van der Waals surface area contributed by atoms with E-state index in [1.165, 1.54) is 18.4 Å². The molecule has 2 aromatic rings. The van der Waals surface area contributed by atoms with Gasteiger partial charge in [-0.05, 0) is 42.7 Å². The number of carbonyl (C=O) groups is 1. The molecule has 0 aliphatic carbocycles. The average molecular weight is 340 g/mol. The normalized spacial score (nSPS) is 10.6. The Balaban J connectivity index is 1.77. The summed E-state index contributed by atoms with van der Waals surface area (Å²) >= 11 is 0. The summed E-state index contributed by atoms with van der Waals surface area (Å²) in [7, 11) is 1.59. The zero-order valence-corrected chi connectivity index (χ0v) is 14.7. The van der Waals surface area contributed by atoms with Crippen LogP contribution >= 0.6 is 0 Å². The van der Waals surface area contributed by atoms with E-state index in [0.717, 1.165) is 12.0 Å². The lowest BCUT2D eigenvalue weighted by atomic mass is 10.1. The van der Waals surface area contributed by atoms with Crippen LogP contribution in [0, 0.1) is 0 Å². The van der Waals surface area contributed by atoms with Crippen molar-refractivity contribution < 1.29 is 14.3 Å². The van der Waals surface area contributed by atoms with Crippen LogP contribution in [0.5, 0.6) is 11.5 Å². The number of methoxy groups -OCH3 is 1. The molecule has 0 atom stereocenters. The summed E-state index contributed by atoms with van der Waals surface area (Å²) in [5.41, 5.74) is 4.51. The number of benzene rings is 2. The van der Waals surface area contributed by atoms with Gasteiger partial charge in [0.15, 0.2) is 6.61 Å². The minimum atomic E-state index is -0.318. The van der Waals surface area contributed by atoms with E-state index in [1.54, 1.807) is 13.3 Å². The van der Waals surface area contributed by atoms with Crippen LogP contribution in [0.3, 0.4) is 0 Å². The predicted octanol–water partition coefficient (Wildman–Crippen LogP) is 3.57. The van der Waals surface area contributed by atoms with E-state index in [9.17, 15) is 4.79 Å². The number of nitrogens with one attached hydrogen (secondary N) is 1. The second kappa shape index (κ2) is 10.1. The maximum Gasteiger partial charge on any atom is 0.277 e. The fourth-order valence-corrected chi connectivity index (χ4v) is 2.26. The second-order valence-electron chi connectivity index (χ2n) is 5.57. The third kappa shape index (κ3) is 6.30. The summed E-state index contributed by atoms with van der Waals surface area (Å²) < 4.78 is 10.7. The Morgan fingerprint density at radius 1 is 1.16 bits per heavy atom. The van der Waals surface area contributed by atoms with Gasteiger partial charge in [0.25, 0.3) is 5.91 Å². The molecule has 0 heterocycles. The minimum Gasteiger partial charge on any atom is -0.496 e. The minimum absolute atomic E-state index is 0.0857. The molecule has 0 aliphatic heterocycles. The molecule has 0 fully saturated rings. The lowest BCUT2D eigenvalue weighted by Gasteiger charge is -2.06. The number of hydrogen-bond acceptors (Lipinski definition) is 4. The number of unbranched alkanes of at least 4 members (excludes halogenated alkanes) is 1. The number of hydrazone groups is 1. The summed E-state index contributed by atoms with van der Waals surface area (Å²) in [6, 6.07) is 15.3. The van der Waals surface area contributed by atoms with Crippen molar-refractivity contribution in [2.45, 2.75) is 26.2 Å². The van der Waals surface area contributed by atoms with Crippen molar-refractivity contribution in [2.75, 3.05) is 13.7 Å². The van der Waals surface area contributed by atoms with Crippen molar-refractivity contribution in [3.05, 3.63) is 59.7 Å². The molecule has 2 rings (SSSR count). The van der Waals surface area contributed by atoms with Gasteiger partial charge >= 0.3 is 0 Å². The quantitative estimate of drug-likeness (QED) is 0.561. The Kier molecular flexibility index (Phi) is 7.50. The number of nitrogens with zero attached hydrogens (tertiary/aromatic N) is 1. The third-order valence-electron chi connectivity index (χ3n) is 3.64. The lowest BCUT2D eigenvalue weighted by molar-refractivity contribution is -0.123. The lowest BCUT2D eigenvalue weighted by Crippen LogP contribution is -2.24. The molecule has 5 nitrogen and oxygen atoms in total. The number of hydrogen-bond donors (Lipinski definition) is 1. The summed E-state index contributed by atoms with van der Waals surface area (Å²) in [6.07, 6.45) is 4.95. The highest BCUT2D eigenvalue weighted by Crippen LogP contribution is 2.15. The van der Waals surface area contributed by atoms with Gasteiger partial charge < -0.3 is 9.47 Å². The molecular weight excluding hydrogens is 316 g/mol. The third-order valence-corrected chi connectivity index (χ3v) is 3.64. The second-order valence-corrected chi connectivity index (χ2v) is 5.57. The molecule has 1 N–H and O–H groups in total. The molecule has 0 saturated carbocycles. The van der Waals surface area contributed by atoms with Crippen molar-refractivity contribution in [3.63, 3.8) is 0 Å². The maximum atomic E-state index is 11.8. The fourth-order valence-electron chi connectivity index (χ4n) is 2.26. The molecule has 5 heteroatoms. The SMILES string of the molecule is CCCCc1ccc(OCC(=O)N/N=C\c2ccccc2OC)cc1. The number of para-hydroxylation sites is 1. The van der Waals surface area contributed by atoms with E-state index >= 15 is 0 Å². The molecule has 25 heavy (non-hydrogen) atoms. The molecule has 0 aliphatic rings. The molecule has 0 unspecified atom stereocenters. The van der Waals surface area contributed by atoms with Crippen LogP contribution in [0.2, 0.25) is 0 Å². The van der Waals surface area contributed by atoms with Crippen LogP contribution in [-0.2, 0) is 11.2 Å². The molecular formula is C20H24N2O3. The zero-order chi connectivity index (χ0) is 17.9. The first-order chi connectivity index (χ1) is 12.2. The van der Waals surface area contributed by atoms with Gasteiger partial charge in [-0.1, -0.05) is 37.6 Å². The molecule has 0 aromatic heterocycles. The number of rotatable bonds is 9. The van der Waals surface area contributed by atoms with Crippen LogP contribution in [0.4, 0.5) is 0 Å². The summed E-state index contributed by atoms with van der Waals surface area (Å²) in [5.74, 6) is 1.05. The highest BCUT2D eigenvalue weighted by atomic mass is 16.5. The van der Waals surface area contributed by atoms with Gasteiger partial charge in [0.05, 0.1) is 13.3 Å². The van der Waals surface area contributed by atoms with Crippen molar-refractivity contribution in [3.8, 4) is 11.5 Å². The Morgan fingerprint density at radius 3 is 2.64 bits per heavy atom. The van der Waals surface area contributed by atoms with Gasteiger partial charge in [0.2, 0.25) is 0 Å². The largest absolute Gasteiger partial charge is 0.496 e. The first-order valence-electron chi connectivity index (χ1n) is 8.39. The molecule has 0 radical (unpaired) electrons. The fraction of sp³-hybridized carbons (Fsp3) is 0.300. The number of aryl methyl sites for hydroxylation is 1. The smallest absolute Gasteiger partial charge is 0.277 e. The van der Waals surface area contributed by atoms with Gasteiger partial charge in [-0.2, -0.15) is 5.10 Å². The van der Waals surface area contributed by atoms with E-state index in [0.29, 0.717) is 11.5 Å². The number of amides is 1. The highest BCUT2D eigenvalue weighted by Gasteiger charge is 2.02. The van der Waals surface area contributed by atoms with Gasteiger partial charge in [-0.25, -0.2) is 5.43 Å². The van der Waals surface area contributed by atoms with Crippen LogP contribution in [-0.4, -0.2) is 25.8 Å². The Morgan fingerprint density at radius 2 is 1.92 bits per heavy atom. The van der Waals surface area contributed by atoms with Gasteiger partial charge in [-0.3, -0.25) is 4.79 Å². The predicted molar refractivity (Wildman–Crippen MR) is 99.3 cm³/mol. The number of ether oxygens (including phenoxy) is 2. The molecule has 2 aromatic carbocycles. The molecule has 132 valence electrons. The Hall–Kier alpha value is -2.82. The van der Waals surface area contributed by atoms with E-state index in [2.05, 4.69) is 17.5 Å². The molecule has 0 bridgehead atoms. The molecule has 1 amide bonds. The van der Waals surface area contributed by atoms with E-state index in [-0.39, 0.29) is 12.5 Å². The standard InChI is InChI=1S/C20H24N2O3/c1-3-4-7-16-10-12-18(13-11-16)25-15-20(23)22-21-14-17-8-5-6-9-19(17)24-2/h5-6,8-14H,3-4,7,15H2,1-2H3,(H,22,23)/b21-14-. The summed E-state index contributed by atoms with van der Waals surface area (Å²) in [6.45, 7) is 2.09. The van der Waals surface area contributed by atoms with Crippen molar-refractivity contribution in [1.29, 1.82) is 0 Å². The zero-order valence-electron chi connectivity index (χ0n) is 14.7. The van der Waals surface area contributed by atoms with E-state index in [4.69, 9.17) is 9.47 Å². The molecule has 0 spiro atoms. The van der Waals surface area contributed by atoms with Crippen molar-refractivity contribution >= 4 is 12.1 Å². The van der Waals surface area contributed by atoms with Crippen LogP contribution < -0.4 is 14.9 Å². The topological polar surface area (TPSA) is 59.9 Å². The molecule has 0 saturated heterocycles. The number of carbonyl (C=O) groups excluding carboxylic acids is 1. The van der Waals surface area contributed by atoms with Crippen molar-refractivity contribution in [2.24, 2.45) is 5.10 Å². The maximum absolute atomic E-state index is 11.8. The average Bonchev–Trinajstić information content (AvgIpc) is 2.66. The van der Waals surface area contributed by atoms with Gasteiger partial charge in [-0.15, -0.1) is 0 Å². The van der Waals surface area contributed by atoms with E-state index < -0.39 is 0 Å². The van der Waals surface area contributed by atoms with Crippen molar-refractivity contribution in [1.82, 2.24) is 5.43 Å². The van der Waals surface area contributed by atoms with Gasteiger partial charge in [0.1, 0.15) is 11.5 Å². The van der Waals surface area contributed by atoms with Crippen LogP contribution in [0.1, 0.15) is 30.9 Å². The van der Waals surface area contributed by atoms with Crippen LogP contribution in [0.25, 0.3) is 0 Å². The first-order valence-corrected chi connectivity index (χ1v) is 8.39. The monoisotopic (exact) mass is 340 g/mol. The Labute approximate surface area is 148 Å². The Bertz CT molecular complexity index is 696. The first kappa shape index (κ1) is 18.5. The highest BCUT2D eigenvalue weighted by molar-refractivity contribution is 5.85. The summed E-state index contributed by atoms with van der Waals surface area (Å²) in [4.78, 5) is 11.8.